The van der Waals surface area contributed by atoms with Crippen LogP contribution in [0.5, 0.6) is 0 Å². The highest BCUT2D eigenvalue weighted by Gasteiger charge is 2.84. The molecule has 288 valence electrons. The Balaban J connectivity index is 1.00. The molecule has 0 aromatic heterocycles. The molecule has 0 bridgehead atoms. The van der Waals surface area contributed by atoms with Crippen molar-refractivity contribution in [1.29, 1.82) is 0 Å². The lowest BCUT2D eigenvalue weighted by Gasteiger charge is -2.64. The third kappa shape index (κ3) is 5.22. The van der Waals surface area contributed by atoms with Crippen LogP contribution in [0.1, 0.15) is 105 Å². The Morgan fingerprint density at radius 3 is 2.38 bits per heavy atom. The molecule has 2 aliphatic heterocycles. The molecule has 7 aliphatic rings. The lowest BCUT2D eigenvalue weighted by atomic mass is 9.41. The summed E-state index contributed by atoms with van der Waals surface area (Å²) in [5, 5.41) is 12.6. The number of ether oxygens (including phenoxy) is 3. The van der Waals surface area contributed by atoms with Crippen molar-refractivity contribution in [2.24, 2.45) is 50.7 Å². The molecule has 2 saturated heterocycles. The number of rotatable bonds is 6. The first-order valence-corrected chi connectivity index (χ1v) is 20.0. The van der Waals surface area contributed by atoms with Gasteiger partial charge < -0.3 is 29.1 Å². The van der Waals surface area contributed by atoms with Crippen LogP contribution in [0.2, 0.25) is 0 Å². The molecule has 1 aromatic carbocycles. The molecule has 1 aromatic rings. The number of benzene rings is 1. The lowest BCUT2D eigenvalue weighted by molar-refractivity contribution is -0.247. The number of amides is 2. The molecule has 8 rings (SSSR count). The van der Waals surface area contributed by atoms with Gasteiger partial charge >= 0.3 is 0 Å². The predicted octanol–water partition coefficient (Wildman–Crippen LogP) is 6.72. The minimum Gasteiger partial charge on any atom is -0.390 e. The number of aliphatic hydroxyl groups is 1. The Bertz CT molecular complexity index is 1590. The van der Waals surface area contributed by atoms with Crippen molar-refractivity contribution in [3.63, 3.8) is 0 Å². The summed E-state index contributed by atoms with van der Waals surface area (Å²) >= 11 is 0. The number of halogens is 2. The van der Waals surface area contributed by atoms with Gasteiger partial charge in [-0.2, -0.15) is 0 Å². The van der Waals surface area contributed by atoms with E-state index in [1.165, 1.54) is 31.9 Å². The Hall–Kier alpha value is -2.14. The summed E-state index contributed by atoms with van der Waals surface area (Å²) in [5.74, 6) is 0.00262. The van der Waals surface area contributed by atoms with Crippen molar-refractivity contribution in [3.8, 4) is 0 Å². The first-order valence-electron chi connectivity index (χ1n) is 20.0. The van der Waals surface area contributed by atoms with Gasteiger partial charge in [0, 0.05) is 45.0 Å². The molecular formula is C42H60F2N2O6. The van der Waals surface area contributed by atoms with E-state index in [0.717, 1.165) is 44.6 Å². The molecule has 2 amide bonds. The van der Waals surface area contributed by atoms with Gasteiger partial charge in [0.15, 0.2) is 6.29 Å². The molecule has 5 aliphatic carbocycles. The molecule has 2 spiro atoms. The molecule has 1 N–H and O–H groups in total. The summed E-state index contributed by atoms with van der Waals surface area (Å²) < 4.78 is 47.7. The Labute approximate surface area is 308 Å². The fourth-order valence-electron chi connectivity index (χ4n) is 14.4. The van der Waals surface area contributed by atoms with E-state index in [1.807, 2.05) is 4.90 Å². The zero-order valence-electron chi connectivity index (χ0n) is 32.3. The maximum atomic E-state index is 14.0. The number of morpholine rings is 1. The second kappa shape index (κ2) is 12.4. The van der Waals surface area contributed by atoms with Crippen LogP contribution >= 0.6 is 0 Å². The number of hydrogen-bond acceptors (Lipinski definition) is 6. The summed E-state index contributed by atoms with van der Waals surface area (Å²) in [4.78, 5) is 28.3. The summed E-state index contributed by atoms with van der Waals surface area (Å²) in [5.41, 5.74) is 0.450. The summed E-state index contributed by atoms with van der Waals surface area (Å²) in [7, 11) is 0. The van der Waals surface area contributed by atoms with Gasteiger partial charge in [0.05, 0.1) is 37.6 Å². The maximum absolute atomic E-state index is 14.0. The molecule has 5 saturated carbocycles. The van der Waals surface area contributed by atoms with Crippen molar-refractivity contribution < 1.29 is 37.7 Å². The standard InChI is InChI=1S/C42H60F2N2O6/c1-24-16-30(21-46(26(3)48)20-27-17-28(43)19-29(44)18-27)51-36-35(24)39(6)12-13-42-23-41(42)11-10-33(52-34-22-45(25(2)47)14-15-50-34)38(4,5)31(41)8-9-32(42)40(39,7)37(36)49/h17-19,24,30-37,49H,8-16,20-23H2,1-7H3. The van der Waals surface area contributed by atoms with Gasteiger partial charge in [-0.25, -0.2) is 8.78 Å². The van der Waals surface area contributed by atoms with Gasteiger partial charge in [0.2, 0.25) is 11.8 Å². The van der Waals surface area contributed by atoms with Crippen LogP contribution in [-0.4, -0.2) is 83.7 Å². The molecular weight excluding hydrogens is 666 g/mol. The zero-order chi connectivity index (χ0) is 37.2. The van der Waals surface area contributed by atoms with Crippen molar-refractivity contribution >= 4 is 11.8 Å². The van der Waals surface area contributed by atoms with Crippen LogP contribution in [0, 0.1) is 62.4 Å². The van der Waals surface area contributed by atoms with Crippen LogP contribution in [0.4, 0.5) is 8.78 Å². The van der Waals surface area contributed by atoms with E-state index in [9.17, 15) is 23.5 Å². The van der Waals surface area contributed by atoms with Gasteiger partial charge in [-0.3, -0.25) is 9.59 Å². The third-order valence-electron chi connectivity index (χ3n) is 16.8. The van der Waals surface area contributed by atoms with Gasteiger partial charge in [-0.05, 0) is 114 Å². The fourth-order valence-corrected chi connectivity index (χ4v) is 14.4. The van der Waals surface area contributed by atoms with Crippen molar-refractivity contribution in [2.75, 3.05) is 26.2 Å². The minimum absolute atomic E-state index is 0.0385. The highest BCUT2D eigenvalue weighted by atomic mass is 19.1. The van der Waals surface area contributed by atoms with Crippen molar-refractivity contribution in [1.82, 2.24) is 9.80 Å². The molecule has 13 unspecified atom stereocenters. The lowest BCUT2D eigenvalue weighted by Crippen LogP contribution is -2.60. The molecule has 10 heteroatoms. The minimum atomic E-state index is -0.660. The van der Waals surface area contributed by atoms with E-state index < -0.39 is 17.7 Å². The van der Waals surface area contributed by atoms with Crippen LogP contribution < -0.4 is 0 Å². The van der Waals surface area contributed by atoms with Gasteiger partial charge in [0.1, 0.15) is 11.6 Å². The van der Waals surface area contributed by atoms with E-state index in [0.29, 0.717) is 43.6 Å². The first-order chi connectivity index (χ1) is 24.5. The third-order valence-corrected chi connectivity index (χ3v) is 16.8. The maximum Gasteiger partial charge on any atom is 0.219 e. The SMILES string of the molecule is CC(=O)N(Cc1cc(F)cc(F)c1)CC1CC(C)C2C(O1)C(O)C1(C)C3CCC4C(C)(C)C(OC5CN(C(C)=O)CCO5)CCC45CC35CCC21C. The number of carbonyl (C=O) groups excluding carboxylic acids is 2. The molecule has 13 atom stereocenters. The average molecular weight is 727 g/mol. The predicted molar refractivity (Wildman–Crippen MR) is 190 cm³/mol. The average Bonchev–Trinajstić information content (AvgIpc) is 3.70. The van der Waals surface area contributed by atoms with E-state index in [-0.39, 0.29) is 81.9 Å². The number of carbonyl (C=O) groups is 2. The zero-order valence-corrected chi connectivity index (χ0v) is 32.3. The smallest absolute Gasteiger partial charge is 0.219 e. The van der Waals surface area contributed by atoms with Gasteiger partial charge in [0.25, 0.3) is 0 Å². The van der Waals surface area contributed by atoms with Gasteiger partial charge in [-0.1, -0.05) is 34.6 Å². The summed E-state index contributed by atoms with van der Waals surface area (Å²) in [6.45, 7) is 17.1. The van der Waals surface area contributed by atoms with Crippen LogP contribution in [-0.2, 0) is 30.3 Å². The number of fused-ring (bicyclic) bond motifs is 4. The first kappa shape index (κ1) is 36.8. The normalized spacial score (nSPS) is 45.9. The van der Waals surface area contributed by atoms with Gasteiger partial charge in [-0.15, -0.1) is 0 Å². The second-order valence-corrected chi connectivity index (χ2v) is 19.2. The number of nitrogens with zero attached hydrogens (tertiary/aromatic N) is 2. The van der Waals surface area contributed by atoms with Crippen molar-refractivity contribution in [2.45, 2.75) is 137 Å². The van der Waals surface area contributed by atoms with Crippen molar-refractivity contribution in [3.05, 3.63) is 35.4 Å². The quantitative estimate of drug-likeness (QED) is 0.351. The largest absolute Gasteiger partial charge is 0.390 e. The summed E-state index contributed by atoms with van der Waals surface area (Å²) in [6, 6.07) is 3.39. The van der Waals surface area contributed by atoms with Crippen LogP contribution in [0.25, 0.3) is 0 Å². The number of aliphatic hydroxyl groups excluding tert-OH is 1. The Kier molecular flexibility index (Phi) is 8.81. The molecule has 0 radical (unpaired) electrons. The number of hydrogen-bond donors (Lipinski definition) is 1. The Morgan fingerprint density at radius 1 is 1.00 bits per heavy atom. The van der Waals surface area contributed by atoms with E-state index in [2.05, 4.69) is 34.6 Å². The molecule has 2 heterocycles. The highest BCUT2D eigenvalue weighted by molar-refractivity contribution is 5.73. The Morgan fingerprint density at radius 2 is 1.69 bits per heavy atom. The summed E-state index contributed by atoms with van der Waals surface area (Å²) in [6.07, 6.45) is 7.05. The second-order valence-electron chi connectivity index (χ2n) is 19.2. The molecule has 7 fully saturated rings. The molecule has 8 nitrogen and oxygen atoms in total. The van der Waals surface area contributed by atoms with E-state index >= 15 is 0 Å². The van der Waals surface area contributed by atoms with Crippen LogP contribution in [0.15, 0.2) is 18.2 Å². The topological polar surface area (TPSA) is 88.5 Å². The van der Waals surface area contributed by atoms with E-state index in [4.69, 9.17) is 14.2 Å². The highest BCUT2D eigenvalue weighted by Crippen LogP contribution is 2.89. The monoisotopic (exact) mass is 726 g/mol. The van der Waals surface area contributed by atoms with E-state index in [1.54, 1.807) is 11.8 Å². The fraction of sp³-hybridized carbons (Fsp3) is 0.810. The van der Waals surface area contributed by atoms with Crippen LogP contribution in [0.3, 0.4) is 0 Å². The molecule has 52 heavy (non-hydrogen) atoms.